The maximum atomic E-state index is 13.2. The second kappa shape index (κ2) is 6.17. The molecule has 2 aromatic rings. The van der Waals surface area contributed by atoms with Crippen LogP contribution in [0.15, 0.2) is 42.9 Å². The summed E-state index contributed by atoms with van der Waals surface area (Å²) in [6.45, 7) is 2.31. The van der Waals surface area contributed by atoms with Crippen LogP contribution in [0.4, 0.5) is 11.5 Å². The molecule has 126 valence electrons. The van der Waals surface area contributed by atoms with Crippen LogP contribution in [-0.4, -0.2) is 35.5 Å². The Labute approximate surface area is 146 Å². The van der Waals surface area contributed by atoms with E-state index < -0.39 is 0 Å². The molecule has 2 aliphatic heterocycles. The number of hydrogen-bond donors (Lipinski definition) is 0. The third-order valence-corrected chi connectivity index (χ3v) is 5.25. The molecule has 1 unspecified atom stereocenters. The molecule has 0 bridgehead atoms. The third-order valence-electron chi connectivity index (χ3n) is 5.25. The first-order valence-corrected chi connectivity index (χ1v) is 8.55. The molecule has 2 aliphatic rings. The topological polar surface area (TPSA) is 73.1 Å². The van der Waals surface area contributed by atoms with Crippen LogP contribution >= 0.6 is 0 Å². The molecule has 0 aromatic carbocycles. The highest BCUT2D eigenvalue weighted by Gasteiger charge is 2.49. The van der Waals surface area contributed by atoms with Crippen molar-refractivity contribution in [2.75, 3.05) is 29.4 Å². The van der Waals surface area contributed by atoms with Gasteiger partial charge >= 0.3 is 0 Å². The minimum atomic E-state index is -0.344. The molecule has 25 heavy (non-hydrogen) atoms. The number of hydrogen-bond acceptors (Lipinski definition) is 5. The van der Waals surface area contributed by atoms with Crippen molar-refractivity contribution in [2.24, 2.45) is 5.41 Å². The monoisotopic (exact) mass is 333 g/mol. The SMILES string of the molecule is N#Cc1ccc(N2CCCC3(CCN(c4cccnc4)C3=O)C2)nc1. The van der Waals surface area contributed by atoms with Crippen molar-refractivity contribution in [1.82, 2.24) is 9.97 Å². The summed E-state index contributed by atoms with van der Waals surface area (Å²) in [7, 11) is 0. The van der Waals surface area contributed by atoms with Gasteiger partial charge < -0.3 is 9.80 Å². The number of amides is 1. The Balaban J connectivity index is 1.56. The van der Waals surface area contributed by atoms with Crippen LogP contribution in [0.3, 0.4) is 0 Å². The highest BCUT2D eigenvalue weighted by Crippen LogP contribution is 2.42. The molecule has 0 radical (unpaired) electrons. The first-order valence-electron chi connectivity index (χ1n) is 8.55. The van der Waals surface area contributed by atoms with Crippen molar-refractivity contribution in [2.45, 2.75) is 19.3 Å². The molecule has 1 spiro atoms. The van der Waals surface area contributed by atoms with Gasteiger partial charge in [-0.05, 0) is 43.5 Å². The zero-order valence-electron chi connectivity index (χ0n) is 13.9. The number of anilines is 2. The van der Waals surface area contributed by atoms with Crippen molar-refractivity contribution in [3.05, 3.63) is 48.4 Å². The van der Waals surface area contributed by atoms with Gasteiger partial charge in [-0.15, -0.1) is 0 Å². The van der Waals surface area contributed by atoms with Crippen LogP contribution in [0.1, 0.15) is 24.8 Å². The maximum Gasteiger partial charge on any atom is 0.235 e. The molecular weight excluding hydrogens is 314 g/mol. The standard InChI is InChI=1S/C19H19N5O/c20-11-15-4-5-17(22-12-15)23-9-2-6-19(14-23)7-10-24(18(19)25)16-3-1-8-21-13-16/h1,3-5,8,12-13H,2,6-7,9-10,14H2. The van der Waals surface area contributed by atoms with E-state index in [9.17, 15) is 4.79 Å². The predicted octanol–water partition coefficient (Wildman–Crippen LogP) is 2.37. The molecule has 2 saturated heterocycles. The molecular formula is C19H19N5O. The van der Waals surface area contributed by atoms with Crippen LogP contribution in [0.25, 0.3) is 0 Å². The molecule has 2 fully saturated rings. The Kier molecular flexibility index (Phi) is 3.85. The van der Waals surface area contributed by atoms with Gasteiger partial charge in [-0.1, -0.05) is 0 Å². The van der Waals surface area contributed by atoms with Gasteiger partial charge in [0.15, 0.2) is 0 Å². The quantitative estimate of drug-likeness (QED) is 0.843. The van der Waals surface area contributed by atoms with E-state index in [2.05, 4.69) is 20.9 Å². The Hall–Kier alpha value is -2.94. The van der Waals surface area contributed by atoms with Gasteiger partial charge in [0.2, 0.25) is 5.91 Å². The van der Waals surface area contributed by atoms with Crippen molar-refractivity contribution < 1.29 is 4.79 Å². The summed E-state index contributed by atoms with van der Waals surface area (Å²) in [5.74, 6) is 1.03. The van der Waals surface area contributed by atoms with Crippen LogP contribution in [-0.2, 0) is 4.79 Å². The Bertz CT molecular complexity index is 814. The van der Waals surface area contributed by atoms with Gasteiger partial charge in [0.1, 0.15) is 11.9 Å². The fourth-order valence-electron chi connectivity index (χ4n) is 3.93. The maximum absolute atomic E-state index is 13.2. The van der Waals surface area contributed by atoms with Gasteiger partial charge in [-0.25, -0.2) is 4.98 Å². The van der Waals surface area contributed by atoms with Crippen LogP contribution in [0.2, 0.25) is 0 Å². The lowest BCUT2D eigenvalue weighted by atomic mass is 9.78. The molecule has 0 aliphatic carbocycles. The van der Waals surface area contributed by atoms with E-state index in [1.54, 1.807) is 24.7 Å². The average Bonchev–Trinajstić information content (AvgIpc) is 2.98. The van der Waals surface area contributed by atoms with Crippen LogP contribution < -0.4 is 9.80 Å². The number of carbonyl (C=O) groups is 1. The largest absolute Gasteiger partial charge is 0.356 e. The summed E-state index contributed by atoms with van der Waals surface area (Å²) < 4.78 is 0. The number of rotatable bonds is 2. The van der Waals surface area contributed by atoms with E-state index >= 15 is 0 Å². The molecule has 6 heteroatoms. The Morgan fingerprint density at radius 3 is 2.80 bits per heavy atom. The number of nitrogens with zero attached hydrogens (tertiary/aromatic N) is 5. The number of aromatic nitrogens is 2. The second-order valence-corrected chi connectivity index (χ2v) is 6.74. The van der Waals surface area contributed by atoms with E-state index in [0.29, 0.717) is 12.1 Å². The lowest BCUT2D eigenvalue weighted by Crippen LogP contribution is -2.48. The summed E-state index contributed by atoms with van der Waals surface area (Å²) >= 11 is 0. The normalized spacial score (nSPS) is 23.1. The van der Waals surface area contributed by atoms with Gasteiger partial charge in [-0.2, -0.15) is 5.26 Å². The van der Waals surface area contributed by atoms with Crippen molar-refractivity contribution in [3.8, 4) is 6.07 Å². The molecule has 4 heterocycles. The first-order chi connectivity index (χ1) is 12.2. The highest BCUT2D eigenvalue weighted by atomic mass is 16.2. The minimum absolute atomic E-state index is 0.193. The minimum Gasteiger partial charge on any atom is -0.356 e. The predicted molar refractivity (Wildman–Crippen MR) is 94.0 cm³/mol. The second-order valence-electron chi connectivity index (χ2n) is 6.74. The number of nitriles is 1. The summed E-state index contributed by atoms with van der Waals surface area (Å²) in [5, 5.41) is 8.92. The van der Waals surface area contributed by atoms with Crippen molar-refractivity contribution in [1.29, 1.82) is 5.26 Å². The summed E-state index contributed by atoms with van der Waals surface area (Å²) in [5.41, 5.74) is 1.08. The van der Waals surface area contributed by atoms with Gasteiger partial charge in [0.05, 0.1) is 22.9 Å². The van der Waals surface area contributed by atoms with E-state index in [-0.39, 0.29) is 11.3 Å². The van der Waals surface area contributed by atoms with E-state index in [0.717, 1.165) is 43.9 Å². The molecule has 2 aromatic heterocycles. The average molecular weight is 333 g/mol. The summed E-state index contributed by atoms with van der Waals surface area (Å²) in [6, 6.07) is 9.54. The van der Waals surface area contributed by atoms with Crippen LogP contribution in [0.5, 0.6) is 0 Å². The molecule has 6 nitrogen and oxygen atoms in total. The third kappa shape index (κ3) is 2.72. The molecule has 1 atom stereocenters. The molecule has 0 saturated carbocycles. The van der Waals surface area contributed by atoms with E-state index in [1.165, 1.54) is 0 Å². The van der Waals surface area contributed by atoms with Gasteiger partial charge in [0.25, 0.3) is 0 Å². The van der Waals surface area contributed by atoms with E-state index in [1.807, 2.05) is 23.1 Å². The van der Waals surface area contributed by atoms with Gasteiger partial charge in [-0.3, -0.25) is 9.78 Å². The summed E-state index contributed by atoms with van der Waals surface area (Å²) in [4.78, 5) is 25.7. The van der Waals surface area contributed by atoms with Crippen molar-refractivity contribution >= 4 is 17.4 Å². The Morgan fingerprint density at radius 1 is 1.16 bits per heavy atom. The van der Waals surface area contributed by atoms with Crippen LogP contribution in [0, 0.1) is 16.7 Å². The zero-order valence-corrected chi connectivity index (χ0v) is 13.9. The summed E-state index contributed by atoms with van der Waals surface area (Å²) in [6.07, 6.45) is 7.80. The number of piperidine rings is 1. The lowest BCUT2D eigenvalue weighted by molar-refractivity contribution is -0.126. The fraction of sp³-hybridized carbons (Fsp3) is 0.368. The number of carbonyl (C=O) groups excluding carboxylic acids is 1. The first kappa shape index (κ1) is 15.6. The van der Waals surface area contributed by atoms with Gasteiger partial charge in [0, 0.05) is 32.0 Å². The highest BCUT2D eigenvalue weighted by molar-refractivity contribution is 6.00. The van der Waals surface area contributed by atoms with E-state index in [4.69, 9.17) is 5.26 Å². The fourth-order valence-corrected chi connectivity index (χ4v) is 3.93. The number of pyridine rings is 2. The molecule has 0 N–H and O–H groups in total. The molecule has 1 amide bonds. The van der Waals surface area contributed by atoms with Crippen molar-refractivity contribution in [3.63, 3.8) is 0 Å². The smallest absolute Gasteiger partial charge is 0.235 e. The zero-order chi connectivity index (χ0) is 17.3. The molecule has 4 rings (SSSR count). The lowest BCUT2D eigenvalue weighted by Gasteiger charge is -2.39. The Morgan fingerprint density at radius 2 is 2.08 bits per heavy atom.